The molecule has 3 fully saturated rings. The topological polar surface area (TPSA) is 71.1 Å². The van der Waals surface area contributed by atoms with Crippen molar-refractivity contribution in [3.63, 3.8) is 0 Å². The molecule has 32 heavy (non-hydrogen) atoms. The molecule has 1 aromatic rings. The zero-order valence-corrected chi connectivity index (χ0v) is 19.2. The maximum Gasteiger partial charge on any atom is 0.289 e. The van der Waals surface area contributed by atoms with Crippen LogP contribution in [0.2, 0.25) is 5.02 Å². The molecule has 2 saturated heterocycles. The van der Waals surface area contributed by atoms with E-state index in [2.05, 4.69) is 10.2 Å². The zero-order valence-electron chi connectivity index (χ0n) is 18.4. The molecule has 1 aromatic carbocycles. The summed E-state index contributed by atoms with van der Waals surface area (Å²) in [4.78, 5) is 30.0. The van der Waals surface area contributed by atoms with Crippen LogP contribution in [0.15, 0.2) is 30.0 Å². The molecule has 1 N–H and O–H groups in total. The highest BCUT2D eigenvalue weighted by Crippen LogP contribution is 2.33. The lowest BCUT2D eigenvalue weighted by molar-refractivity contribution is -0.151. The molecule has 174 valence electrons. The number of amides is 2. The second-order valence-corrected chi connectivity index (χ2v) is 9.10. The van der Waals surface area contributed by atoms with E-state index in [1.807, 2.05) is 12.1 Å². The van der Waals surface area contributed by atoms with E-state index >= 15 is 0 Å². The Labute approximate surface area is 194 Å². The van der Waals surface area contributed by atoms with Gasteiger partial charge in [-0.2, -0.15) is 0 Å². The van der Waals surface area contributed by atoms with E-state index in [4.69, 9.17) is 21.1 Å². The third-order valence-corrected chi connectivity index (χ3v) is 6.59. The Kier molecular flexibility index (Phi) is 8.05. The Morgan fingerprint density at radius 2 is 2.03 bits per heavy atom. The molecule has 1 saturated carbocycles. The smallest absolute Gasteiger partial charge is 0.289 e. The molecule has 0 bridgehead atoms. The van der Waals surface area contributed by atoms with Gasteiger partial charge in [-0.15, -0.1) is 0 Å². The van der Waals surface area contributed by atoms with Crippen molar-refractivity contribution in [3.8, 4) is 0 Å². The van der Waals surface area contributed by atoms with E-state index in [-0.39, 0.29) is 36.3 Å². The summed E-state index contributed by atoms with van der Waals surface area (Å²) in [6.45, 7) is 5.05. The van der Waals surface area contributed by atoms with E-state index in [0.29, 0.717) is 11.6 Å². The van der Waals surface area contributed by atoms with Crippen LogP contribution < -0.4 is 5.32 Å². The van der Waals surface area contributed by atoms with Crippen LogP contribution >= 0.6 is 11.6 Å². The molecular formula is C24H32ClN3O4. The number of halogens is 1. The van der Waals surface area contributed by atoms with Crippen molar-refractivity contribution >= 4 is 29.5 Å². The molecule has 7 nitrogen and oxygen atoms in total. The van der Waals surface area contributed by atoms with Gasteiger partial charge in [-0.1, -0.05) is 30.2 Å². The van der Waals surface area contributed by atoms with Crippen molar-refractivity contribution in [2.75, 3.05) is 45.9 Å². The number of carbonyl (C=O) groups is 2. The number of ether oxygens (including phenoxy) is 2. The van der Waals surface area contributed by atoms with E-state index in [0.717, 1.165) is 70.5 Å². The van der Waals surface area contributed by atoms with Gasteiger partial charge in [0, 0.05) is 24.7 Å². The fourth-order valence-electron chi connectivity index (χ4n) is 4.68. The molecule has 8 heteroatoms. The monoisotopic (exact) mass is 461 g/mol. The predicted molar refractivity (Wildman–Crippen MR) is 123 cm³/mol. The average Bonchev–Trinajstić information content (AvgIpc) is 2.80. The number of hydrogen-bond acceptors (Lipinski definition) is 5. The summed E-state index contributed by atoms with van der Waals surface area (Å²) < 4.78 is 11.5. The van der Waals surface area contributed by atoms with Gasteiger partial charge < -0.3 is 19.7 Å². The number of carbonyl (C=O) groups excluding carboxylic acids is 2. The number of rotatable bonds is 7. The van der Waals surface area contributed by atoms with Crippen LogP contribution in [-0.2, 0) is 19.1 Å². The first-order chi connectivity index (χ1) is 15.6. The molecule has 3 aliphatic rings. The summed E-state index contributed by atoms with van der Waals surface area (Å²) in [5.41, 5.74) is 0.808. The van der Waals surface area contributed by atoms with E-state index < -0.39 is 0 Å². The number of fused-ring (bicyclic) bond motifs is 1. The van der Waals surface area contributed by atoms with Crippen molar-refractivity contribution in [1.29, 1.82) is 0 Å². The summed E-state index contributed by atoms with van der Waals surface area (Å²) in [5.74, 6) is -0.0548. The van der Waals surface area contributed by atoms with Gasteiger partial charge in [-0.3, -0.25) is 14.5 Å². The maximum absolute atomic E-state index is 13.2. The number of morpholine rings is 2. The number of hydrogen-bond donors (Lipinski definition) is 1. The third-order valence-electron chi connectivity index (χ3n) is 6.36. The Hall–Kier alpha value is -2.09. The summed E-state index contributed by atoms with van der Waals surface area (Å²) in [6.07, 6.45) is 6.42. The van der Waals surface area contributed by atoms with Crippen LogP contribution in [0.25, 0.3) is 6.08 Å². The molecule has 0 aromatic heterocycles. The first-order valence-electron chi connectivity index (χ1n) is 11.6. The van der Waals surface area contributed by atoms with Crippen molar-refractivity contribution in [2.45, 2.75) is 44.2 Å². The van der Waals surface area contributed by atoms with Gasteiger partial charge in [-0.05, 0) is 56.0 Å². The third kappa shape index (κ3) is 6.03. The molecule has 2 heterocycles. The van der Waals surface area contributed by atoms with E-state index in [1.165, 1.54) is 0 Å². The minimum Gasteiger partial charge on any atom is -0.482 e. The average molecular weight is 462 g/mol. The van der Waals surface area contributed by atoms with Crippen molar-refractivity contribution in [3.05, 3.63) is 40.6 Å². The lowest BCUT2D eigenvalue weighted by atomic mass is 9.89. The Morgan fingerprint density at radius 3 is 2.84 bits per heavy atom. The molecule has 2 unspecified atom stereocenters. The standard InChI is InChI=1S/C24H32ClN3O4/c25-19-6-3-5-18(15-19)16-22-24(30)28(20-7-1-2-8-21(20)32-22)17-23(29)26-9-4-10-27-11-13-31-14-12-27/h3,5-6,15-16,20-21H,1-2,4,7-14,17H2,(H,26,29)/b22-16+. The Morgan fingerprint density at radius 1 is 1.22 bits per heavy atom. The first-order valence-corrected chi connectivity index (χ1v) is 12.0. The lowest BCUT2D eigenvalue weighted by Crippen LogP contribution is -2.57. The minimum atomic E-state index is -0.225. The van der Waals surface area contributed by atoms with Gasteiger partial charge in [0.2, 0.25) is 5.91 Å². The van der Waals surface area contributed by atoms with Crippen LogP contribution in [0.1, 0.15) is 37.7 Å². The lowest BCUT2D eigenvalue weighted by Gasteiger charge is -2.44. The molecule has 4 rings (SSSR count). The molecule has 2 amide bonds. The Balaban J connectivity index is 1.36. The van der Waals surface area contributed by atoms with E-state index in [9.17, 15) is 9.59 Å². The fraction of sp³-hybridized carbons (Fsp3) is 0.583. The summed E-state index contributed by atoms with van der Waals surface area (Å²) in [5, 5.41) is 3.59. The van der Waals surface area contributed by atoms with Crippen LogP contribution in [0.5, 0.6) is 0 Å². The van der Waals surface area contributed by atoms with Gasteiger partial charge in [0.1, 0.15) is 12.6 Å². The molecule has 2 atom stereocenters. The van der Waals surface area contributed by atoms with Crippen LogP contribution in [-0.4, -0.2) is 79.7 Å². The summed E-state index contributed by atoms with van der Waals surface area (Å²) >= 11 is 6.09. The summed E-state index contributed by atoms with van der Waals surface area (Å²) in [7, 11) is 0. The van der Waals surface area contributed by atoms with E-state index in [1.54, 1.807) is 23.1 Å². The van der Waals surface area contributed by atoms with Crippen molar-refractivity contribution in [2.24, 2.45) is 0 Å². The van der Waals surface area contributed by atoms with Gasteiger partial charge in [0.25, 0.3) is 5.91 Å². The van der Waals surface area contributed by atoms with Crippen molar-refractivity contribution < 1.29 is 19.1 Å². The molecule has 0 radical (unpaired) electrons. The predicted octanol–water partition coefficient (Wildman–Crippen LogP) is 2.69. The largest absolute Gasteiger partial charge is 0.482 e. The number of nitrogens with zero attached hydrogens (tertiary/aromatic N) is 2. The maximum atomic E-state index is 13.2. The first kappa shape index (κ1) is 23.1. The summed E-state index contributed by atoms with van der Waals surface area (Å²) in [6, 6.07) is 7.26. The molecule has 1 aliphatic carbocycles. The Bertz CT molecular complexity index is 840. The number of benzene rings is 1. The van der Waals surface area contributed by atoms with Gasteiger partial charge >= 0.3 is 0 Å². The molecule has 0 spiro atoms. The fourth-order valence-corrected chi connectivity index (χ4v) is 4.87. The van der Waals surface area contributed by atoms with Gasteiger partial charge in [-0.25, -0.2) is 0 Å². The van der Waals surface area contributed by atoms with Crippen LogP contribution in [0.4, 0.5) is 0 Å². The van der Waals surface area contributed by atoms with Gasteiger partial charge in [0.05, 0.1) is 19.3 Å². The minimum absolute atomic E-state index is 0.0492. The van der Waals surface area contributed by atoms with Crippen LogP contribution in [0.3, 0.4) is 0 Å². The highest BCUT2D eigenvalue weighted by molar-refractivity contribution is 6.30. The highest BCUT2D eigenvalue weighted by atomic mass is 35.5. The number of nitrogens with one attached hydrogen (secondary N) is 1. The SMILES string of the molecule is O=C(CN1C(=O)/C(=C\c2cccc(Cl)c2)OC2CCCCC21)NCCCN1CCOCC1. The quantitative estimate of drug-likeness (QED) is 0.499. The second kappa shape index (κ2) is 11.2. The molecule has 2 aliphatic heterocycles. The highest BCUT2D eigenvalue weighted by Gasteiger charge is 2.42. The van der Waals surface area contributed by atoms with Crippen LogP contribution in [0, 0.1) is 0 Å². The zero-order chi connectivity index (χ0) is 22.3. The van der Waals surface area contributed by atoms with Gasteiger partial charge in [0.15, 0.2) is 5.76 Å². The second-order valence-electron chi connectivity index (χ2n) is 8.66. The molecular weight excluding hydrogens is 430 g/mol. The van der Waals surface area contributed by atoms with Crippen molar-refractivity contribution in [1.82, 2.24) is 15.1 Å². The normalized spacial score (nSPS) is 25.3.